The lowest BCUT2D eigenvalue weighted by atomic mass is 10.1. The van der Waals surface area contributed by atoms with Crippen LogP contribution in [-0.2, 0) is 5.75 Å². The minimum atomic E-state index is 0.722. The number of halogens is 1. The standard InChI is InChI=1S/C19H15ClN4S/c1-13-5-2-3-7-17(13)24-12-22-23-19(24)25-11-14-8-9-16(20)15-6-4-10-21-18(14)15/h2-10,12H,11H2,1H3. The second-order valence-electron chi connectivity index (χ2n) is 5.66. The number of fused-ring (bicyclic) bond motifs is 1. The number of aromatic nitrogens is 4. The first-order valence-electron chi connectivity index (χ1n) is 7.85. The molecular weight excluding hydrogens is 352 g/mol. The van der Waals surface area contributed by atoms with Crippen LogP contribution in [0.15, 0.2) is 66.2 Å². The van der Waals surface area contributed by atoms with Gasteiger partial charge in [-0.1, -0.05) is 47.6 Å². The lowest BCUT2D eigenvalue weighted by Gasteiger charge is -2.10. The Bertz CT molecular complexity index is 1040. The van der Waals surface area contributed by atoms with Gasteiger partial charge in [0, 0.05) is 22.4 Å². The molecule has 6 heteroatoms. The Hall–Kier alpha value is -2.37. The first-order chi connectivity index (χ1) is 12.2. The van der Waals surface area contributed by atoms with Crippen molar-refractivity contribution in [2.24, 2.45) is 0 Å². The van der Waals surface area contributed by atoms with Crippen molar-refractivity contribution in [3.8, 4) is 5.69 Å². The molecule has 0 saturated heterocycles. The van der Waals surface area contributed by atoms with E-state index in [1.54, 1.807) is 24.3 Å². The average molecular weight is 367 g/mol. The molecule has 124 valence electrons. The molecule has 0 saturated carbocycles. The Morgan fingerprint density at radius 1 is 1.08 bits per heavy atom. The lowest BCUT2D eigenvalue weighted by Crippen LogP contribution is -1.98. The van der Waals surface area contributed by atoms with Gasteiger partial charge < -0.3 is 0 Å². The van der Waals surface area contributed by atoms with Crippen LogP contribution in [0.4, 0.5) is 0 Å². The second kappa shape index (κ2) is 6.86. The highest BCUT2D eigenvalue weighted by Gasteiger charge is 2.11. The third kappa shape index (κ3) is 3.13. The van der Waals surface area contributed by atoms with Gasteiger partial charge in [0.1, 0.15) is 6.33 Å². The smallest absolute Gasteiger partial charge is 0.195 e. The maximum absolute atomic E-state index is 6.28. The molecule has 4 aromatic rings. The fourth-order valence-corrected chi connectivity index (χ4v) is 3.90. The van der Waals surface area contributed by atoms with E-state index in [9.17, 15) is 0 Å². The molecule has 0 aliphatic carbocycles. The maximum atomic E-state index is 6.28. The van der Waals surface area contributed by atoms with Gasteiger partial charge in [-0.25, -0.2) is 0 Å². The molecule has 2 aromatic carbocycles. The van der Waals surface area contributed by atoms with Crippen LogP contribution >= 0.6 is 23.4 Å². The molecule has 2 heterocycles. The molecule has 0 aliphatic heterocycles. The average Bonchev–Trinajstić information content (AvgIpc) is 3.10. The van der Waals surface area contributed by atoms with E-state index in [1.807, 2.05) is 41.0 Å². The van der Waals surface area contributed by atoms with Gasteiger partial charge >= 0.3 is 0 Å². The van der Waals surface area contributed by atoms with Gasteiger partial charge in [0.05, 0.1) is 11.2 Å². The summed E-state index contributed by atoms with van der Waals surface area (Å²) in [5.41, 5.74) is 4.34. The first-order valence-corrected chi connectivity index (χ1v) is 9.21. The van der Waals surface area contributed by atoms with E-state index in [2.05, 4.69) is 34.2 Å². The van der Waals surface area contributed by atoms with E-state index < -0.39 is 0 Å². The highest BCUT2D eigenvalue weighted by Crippen LogP contribution is 2.30. The molecule has 0 amide bonds. The van der Waals surface area contributed by atoms with Crippen LogP contribution in [0.3, 0.4) is 0 Å². The predicted molar refractivity (Wildman–Crippen MR) is 102 cm³/mol. The number of aryl methyl sites for hydroxylation is 1. The number of hydrogen-bond donors (Lipinski definition) is 0. The summed E-state index contributed by atoms with van der Waals surface area (Å²) in [7, 11) is 0. The summed E-state index contributed by atoms with van der Waals surface area (Å²) in [5, 5.41) is 10.9. The molecule has 0 bridgehead atoms. The highest BCUT2D eigenvalue weighted by atomic mass is 35.5. The summed E-state index contributed by atoms with van der Waals surface area (Å²) in [5.74, 6) is 0.745. The number of para-hydroxylation sites is 1. The van der Waals surface area contributed by atoms with E-state index in [4.69, 9.17) is 11.6 Å². The zero-order valence-corrected chi connectivity index (χ0v) is 15.1. The molecule has 4 rings (SSSR count). The zero-order chi connectivity index (χ0) is 17.2. The zero-order valence-electron chi connectivity index (χ0n) is 13.6. The summed E-state index contributed by atoms with van der Waals surface area (Å²) in [4.78, 5) is 4.50. The number of nitrogens with zero attached hydrogens (tertiary/aromatic N) is 4. The Kier molecular flexibility index (Phi) is 4.42. The number of benzene rings is 2. The van der Waals surface area contributed by atoms with Crippen molar-refractivity contribution >= 4 is 34.3 Å². The summed E-state index contributed by atoms with van der Waals surface area (Å²) >= 11 is 7.92. The Labute approximate surface area is 154 Å². The molecule has 0 spiro atoms. The van der Waals surface area contributed by atoms with Gasteiger partial charge in [-0.15, -0.1) is 10.2 Å². The van der Waals surface area contributed by atoms with Crippen LogP contribution in [-0.4, -0.2) is 19.7 Å². The van der Waals surface area contributed by atoms with Crippen LogP contribution in [0, 0.1) is 6.92 Å². The molecule has 0 atom stereocenters. The molecule has 4 nitrogen and oxygen atoms in total. The van der Waals surface area contributed by atoms with Crippen molar-refractivity contribution in [1.29, 1.82) is 0 Å². The fourth-order valence-electron chi connectivity index (χ4n) is 2.78. The molecule has 2 aromatic heterocycles. The third-order valence-corrected chi connectivity index (χ3v) is 5.37. The lowest BCUT2D eigenvalue weighted by molar-refractivity contribution is 0.878. The van der Waals surface area contributed by atoms with E-state index in [1.165, 1.54) is 5.56 Å². The highest BCUT2D eigenvalue weighted by molar-refractivity contribution is 7.98. The number of hydrogen-bond acceptors (Lipinski definition) is 4. The van der Waals surface area contributed by atoms with Gasteiger partial charge in [0.15, 0.2) is 5.16 Å². The van der Waals surface area contributed by atoms with E-state index >= 15 is 0 Å². The first kappa shape index (κ1) is 16.1. The molecule has 0 fully saturated rings. The van der Waals surface area contributed by atoms with Gasteiger partial charge in [0.25, 0.3) is 0 Å². The number of thioether (sulfide) groups is 1. The topological polar surface area (TPSA) is 43.6 Å². The largest absolute Gasteiger partial charge is 0.276 e. The van der Waals surface area contributed by atoms with Gasteiger partial charge in [-0.2, -0.15) is 0 Å². The summed E-state index contributed by atoms with van der Waals surface area (Å²) in [6.45, 7) is 2.08. The van der Waals surface area contributed by atoms with Gasteiger partial charge in [0.2, 0.25) is 0 Å². The molecule has 0 radical (unpaired) electrons. The summed E-state index contributed by atoms with van der Waals surface area (Å²) < 4.78 is 2.02. The Morgan fingerprint density at radius 2 is 1.96 bits per heavy atom. The van der Waals surface area contributed by atoms with Crippen molar-refractivity contribution in [2.75, 3.05) is 0 Å². The normalized spacial score (nSPS) is 11.1. The third-order valence-electron chi connectivity index (χ3n) is 4.05. The monoisotopic (exact) mass is 366 g/mol. The van der Waals surface area contributed by atoms with Crippen LogP contribution in [0.1, 0.15) is 11.1 Å². The van der Waals surface area contributed by atoms with E-state index in [0.717, 1.165) is 38.1 Å². The minimum absolute atomic E-state index is 0.722. The van der Waals surface area contributed by atoms with Crippen LogP contribution in [0.2, 0.25) is 5.02 Å². The van der Waals surface area contributed by atoms with Gasteiger partial charge in [-0.05, 0) is 42.3 Å². The number of rotatable bonds is 4. The quantitative estimate of drug-likeness (QED) is 0.473. The Balaban J connectivity index is 1.65. The molecular formula is C19H15ClN4S. The second-order valence-corrected chi connectivity index (χ2v) is 7.01. The summed E-state index contributed by atoms with van der Waals surface area (Å²) in [6, 6.07) is 16.1. The minimum Gasteiger partial charge on any atom is -0.276 e. The maximum Gasteiger partial charge on any atom is 0.195 e. The van der Waals surface area contributed by atoms with Gasteiger partial charge in [-0.3, -0.25) is 9.55 Å². The van der Waals surface area contributed by atoms with E-state index in [0.29, 0.717) is 0 Å². The Morgan fingerprint density at radius 3 is 2.84 bits per heavy atom. The van der Waals surface area contributed by atoms with Crippen LogP contribution in [0.5, 0.6) is 0 Å². The van der Waals surface area contributed by atoms with Crippen molar-refractivity contribution in [3.63, 3.8) is 0 Å². The number of pyridine rings is 1. The van der Waals surface area contributed by atoms with Crippen molar-refractivity contribution in [2.45, 2.75) is 17.8 Å². The summed E-state index contributed by atoms with van der Waals surface area (Å²) in [6.07, 6.45) is 3.55. The molecule has 0 unspecified atom stereocenters. The van der Waals surface area contributed by atoms with Crippen LogP contribution < -0.4 is 0 Å². The molecule has 0 aliphatic rings. The fraction of sp³-hybridized carbons (Fsp3) is 0.105. The van der Waals surface area contributed by atoms with E-state index in [-0.39, 0.29) is 0 Å². The predicted octanol–water partition coefficient (Wildman–Crippen LogP) is 5.07. The van der Waals surface area contributed by atoms with Crippen LogP contribution in [0.25, 0.3) is 16.6 Å². The van der Waals surface area contributed by atoms with Crippen molar-refractivity contribution < 1.29 is 0 Å². The van der Waals surface area contributed by atoms with Crippen molar-refractivity contribution in [1.82, 2.24) is 19.7 Å². The molecule has 0 N–H and O–H groups in total. The van der Waals surface area contributed by atoms with Crippen molar-refractivity contribution in [3.05, 3.63) is 77.2 Å². The SMILES string of the molecule is Cc1ccccc1-n1cnnc1SCc1ccc(Cl)c2cccnc12. The molecule has 25 heavy (non-hydrogen) atoms.